The van der Waals surface area contributed by atoms with Gasteiger partial charge in [-0.05, 0) is 42.9 Å². The number of rotatable bonds is 2. The van der Waals surface area contributed by atoms with Crippen LogP contribution in [-0.4, -0.2) is 5.38 Å². The van der Waals surface area contributed by atoms with Gasteiger partial charge in [-0.15, -0.1) is 11.6 Å². The molecule has 1 aromatic carbocycles. The average molecular weight is 231 g/mol. The molecule has 82 valence electrons. The largest absolute Gasteiger partial charge is 0.207 e. The molecule has 0 saturated heterocycles. The highest BCUT2D eigenvalue weighted by Crippen LogP contribution is 2.32. The topological polar surface area (TPSA) is 0 Å². The summed E-state index contributed by atoms with van der Waals surface area (Å²) in [6.45, 7) is 0. The maximum atomic E-state index is 12.9. The first-order chi connectivity index (χ1) is 7.15. The van der Waals surface area contributed by atoms with Crippen LogP contribution in [0.2, 0.25) is 0 Å². The van der Waals surface area contributed by atoms with Crippen molar-refractivity contribution in [3.8, 4) is 0 Å². The van der Waals surface area contributed by atoms with Crippen molar-refractivity contribution >= 4 is 11.6 Å². The van der Waals surface area contributed by atoms with E-state index in [-0.39, 0.29) is 5.38 Å². The lowest BCUT2D eigenvalue weighted by Gasteiger charge is -2.13. The van der Waals surface area contributed by atoms with Crippen LogP contribution in [0.4, 0.5) is 8.78 Å². The van der Waals surface area contributed by atoms with Crippen LogP contribution in [0.5, 0.6) is 0 Å². The molecule has 0 bridgehead atoms. The lowest BCUT2D eigenvalue weighted by atomic mass is 9.97. The molecule has 2 rings (SSSR count). The Morgan fingerprint density at radius 3 is 2.33 bits per heavy atom. The maximum absolute atomic E-state index is 12.9. The van der Waals surface area contributed by atoms with Gasteiger partial charge >= 0.3 is 0 Å². The van der Waals surface area contributed by atoms with Gasteiger partial charge in [0.15, 0.2) is 0 Å². The van der Waals surface area contributed by atoms with Gasteiger partial charge in [-0.1, -0.05) is 6.42 Å². The quantitative estimate of drug-likeness (QED) is 0.676. The van der Waals surface area contributed by atoms with Crippen molar-refractivity contribution in [1.82, 2.24) is 0 Å². The van der Waals surface area contributed by atoms with Crippen LogP contribution < -0.4 is 0 Å². The van der Waals surface area contributed by atoms with E-state index in [9.17, 15) is 8.78 Å². The fraction of sp³-hybridized carbons (Fsp3) is 0.500. The van der Waals surface area contributed by atoms with Gasteiger partial charge in [0, 0.05) is 11.4 Å². The molecule has 0 aromatic heterocycles. The van der Waals surface area contributed by atoms with Crippen molar-refractivity contribution in [2.45, 2.75) is 31.1 Å². The summed E-state index contributed by atoms with van der Waals surface area (Å²) < 4.78 is 25.9. The Balaban J connectivity index is 2.10. The van der Waals surface area contributed by atoms with Gasteiger partial charge in [-0.2, -0.15) is 0 Å². The number of hydrogen-bond donors (Lipinski definition) is 0. The van der Waals surface area contributed by atoms with E-state index in [0.717, 1.165) is 25.3 Å². The fourth-order valence-corrected chi connectivity index (χ4v) is 2.62. The minimum atomic E-state index is -0.505. The Labute approximate surface area is 93.2 Å². The molecule has 0 spiro atoms. The molecule has 1 aliphatic rings. The van der Waals surface area contributed by atoms with E-state index in [4.69, 9.17) is 11.6 Å². The van der Waals surface area contributed by atoms with E-state index in [1.165, 1.54) is 12.1 Å². The second-order valence-corrected chi connectivity index (χ2v) is 4.75. The van der Waals surface area contributed by atoms with E-state index in [2.05, 4.69) is 0 Å². The molecule has 0 N–H and O–H groups in total. The van der Waals surface area contributed by atoms with Crippen molar-refractivity contribution in [3.63, 3.8) is 0 Å². The Hall–Kier alpha value is -0.630. The molecule has 1 saturated carbocycles. The van der Waals surface area contributed by atoms with Crippen LogP contribution in [0.3, 0.4) is 0 Å². The van der Waals surface area contributed by atoms with E-state index in [1.54, 1.807) is 0 Å². The second-order valence-electron chi connectivity index (χ2n) is 4.19. The predicted octanol–water partition coefficient (Wildman–Crippen LogP) is 3.91. The number of halogens is 3. The van der Waals surface area contributed by atoms with Gasteiger partial charge < -0.3 is 0 Å². The molecule has 0 heterocycles. The summed E-state index contributed by atoms with van der Waals surface area (Å²) in [5, 5.41) is 0.163. The average Bonchev–Trinajstić information content (AvgIpc) is 2.50. The number of alkyl halides is 1. The Bertz CT molecular complexity index is 331. The molecule has 0 amide bonds. The maximum Gasteiger partial charge on any atom is 0.126 e. The second kappa shape index (κ2) is 4.48. The molecule has 0 radical (unpaired) electrons. The van der Waals surface area contributed by atoms with Gasteiger partial charge in [-0.3, -0.25) is 0 Å². The molecular weight excluding hydrogens is 218 g/mol. The molecule has 15 heavy (non-hydrogen) atoms. The zero-order valence-corrected chi connectivity index (χ0v) is 9.11. The zero-order valence-electron chi connectivity index (χ0n) is 8.35. The van der Waals surface area contributed by atoms with E-state index < -0.39 is 11.6 Å². The third-order valence-corrected chi connectivity index (χ3v) is 3.56. The zero-order chi connectivity index (χ0) is 10.8. The third kappa shape index (κ3) is 2.69. The van der Waals surface area contributed by atoms with Crippen LogP contribution in [0, 0.1) is 17.6 Å². The third-order valence-electron chi connectivity index (χ3n) is 2.99. The predicted molar refractivity (Wildman–Crippen MR) is 57.0 cm³/mol. The molecule has 3 heteroatoms. The molecule has 2 atom stereocenters. The van der Waals surface area contributed by atoms with Crippen molar-refractivity contribution < 1.29 is 8.78 Å². The highest BCUT2D eigenvalue weighted by atomic mass is 35.5. The fourth-order valence-electron chi connectivity index (χ4n) is 2.25. The van der Waals surface area contributed by atoms with Gasteiger partial charge in [-0.25, -0.2) is 8.78 Å². The molecule has 0 nitrogen and oxygen atoms in total. The Morgan fingerprint density at radius 1 is 1.13 bits per heavy atom. The van der Waals surface area contributed by atoms with Crippen molar-refractivity contribution in [1.29, 1.82) is 0 Å². The first kappa shape index (κ1) is 10.9. The van der Waals surface area contributed by atoms with Crippen LogP contribution >= 0.6 is 11.6 Å². The van der Waals surface area contributed by atoms with Crippen molar-refractivity contribution in [2.75, 3.05) is 0 Å². The molecule has 1 aromatic rings. The smallest absolute Gasteiger partial charge is 0.126 e. The minimum absolute atomic E-state index is 0.163. The molecule has 2 unspecified atom stereocenters. The van der Waals surface area contributed by atoms with E-state index >= 15 is 0 Å². The molecule has 0 aliphatic heterocycles. The van der Waals surface area contributed by atoms with Crippen LogP contribution in [0.25, 0.3) is 0 Å². The Morgan fingerprint density at radius 2 is 1.80 bits per heavy atom. The lowest BCUT2D eigenvalue weighted by Crippen LogP contribution is -2.10. The summed E-state index contributed by atoms with van der Waals surface area (Å²) >= 11 is 6.12. The van der Waals surface area contributed by atoms with E-state index in [1.807, 2.05) is 0 Å². The van der Waals surface area contributed by atoms with Gasteiger partial charge in [0.25, 0.3) is 0 Å². The molecule has 1 aliphatic carbocycles. The molecule has 1 fully saturated rings. The van der Waals surface area contributed by atoms with Crippen LogP contribution in [-0.2, 0) is 6.42 Å². The summed E-state index contributed by atoms with van der Waals surface area (Å²) in [5.74, 6) is -0.642. The van der Waals surface area contributed by atoms with Gasteiger partial charge in [0.05, 0.1) is 0 Å². The minimum Gasteiger partial charge on any atom is -0.207 e. The normalized spacial score (nSPS) is 25.8. The van der Waals surface area contributed by atoms with Crippen molar-refractivity contribution in [3.05, 3.63) is 35.4 Å². The first-order valence-electron chi connectivity index (χ1n) is 5.24. The summed E-state index contributed by atoms with van der Waals surface area (Å²) in [7, 11) is 0. The highest BCUT2D eigenvalue weighted by Gasteiger charge is 2.25. The molecular formula is C12H13ClF2. The Kier molecular flexibility index (Phi) is 3.25. The SMILES string of the molecule is Fc1cc(F)cc(CC2CCCC2Cl)c1. The monoisotopic (exact) mass is 230 g/mol. The van der Waals surface area contributed by atoms with Crippen LogP contribution in [0.1, 0.15) is 24.8 Å². The van der Waals surface area contributed by atoms with Crippen LogP contribution in [0.15, 0.2) is 18.2 Å². The lowest BCUT2D eigenvalue weighted by molar-refractivity contribution is 0.538. The first-order valence-corrected chi connectivity index (χ1v) is 5.68. The summed E-state index contributed by atoms with van der Waals surface area (Å²) in [6, 6.07) is 3.69. The van der Waals surface area contributed by atoms with Gasteiger partial charge in [0.2, 0.25) is 0 Å². The van der Waals surface area contributed by atoms with E-state index in [0.29, 0.717) is 17.9 Å². The van der Waals surface area contributed by atoms with Crippen molar-refractivity contribution in [2.24, 2.45) is 5.92 Å². The highest BCUT2D eigenvalue weighted by molar-refractivity contribution is 6.20. The summed E-state index contributed by atoms with van der Waals surface area (Å²) in [4.78, 5) is 0. The number of benzene rings is 1. The standard InChI is InChI=1S/C12H13ClF2/c13-12-3-1-2-9(12)4-8-5-10(14)7-11(15)6-8/h5-7,9,12H,1-4H2. The summed E-state index contributed by atoms with van der Waals surface area (Å²) in [5.41, 5.74) is 0.713. The number of hydrogen-bond acceptors (Lipinski definition) is 0. The summed E-state index contributed by atoms with van der Waals surface area (Å²) in [6.07, 6.45) is 3.88. The van der Waals surface area contributed by atoms with Gasteiger partial charge in [0.1, 0.15) is 11.6 Å².